The molecule has 23 heavy (non-hydrogen) atoms. The van der Waals surface area contributed by atoms with Crippen LogP contribution in [0.25, 0.3) is 0 Å². The number of halogens is 1. The summed E-state index contributed by atoms with van der Waals surface area (Å²) in [5.41, 5.74) is 2.67. The highest BCUT2D eigenvalue weighted by molar-refractivity contribution is 5.85. The molecule has 0 saturated carbocycles. The molecule has 0 radical (unpaired) electrons. The van der Waals surface area contributed by atoms with Crippen molar-refractivity contribution in [3.8, 4) is 0 Å². The summed E-state index contributed by atoms with van der Waals surface area (Å²) in [5, 5.41) is 6.47. The van der Waals surface area contributed by atoms with Crippen molar-refractivity contribution in [2.45, 2.75) is 44.1 Å². The summed E-state index contributed by atoms with van der Waals surface area (Å²) in [6, 6.07) is 8.54. The molecule has 1 atom stereocenters. The molecule has 0 spiro atoms. The second-order valence-electron chi connectivity index (χ2n) is 6.57. The molecule has 0 aromatic heterocycles. The number of rotatable bonds is 4. The molecule has 1 unspecified atom stereocenters. The molecular formula is C18H27ClN2O2. The lowest BCUT2D eigenvalue weighted by Gasteiger charge is -2.39. The maximum Gasteiger partial charge on any atom is 0.237 e. The van der Waals surface area contributed by atoms with E-state index >= 15 is 0 Å². The molecule has 1 aromatic carbocycles. The average molecular weight is 339 g/mol. The molecule has 1 amide bonds. The van der Waals surface area contributed by atoms with Crippen LogP contribution in [0.2, 0.25) is 0 Å². The van der Waals surface area contributed by atoms with Crippen LogP contribution in [-0.4, -0.2) is 38.3 Å². The maximum atomic E-state index is 12.3. The maximum absolute atomic E-state index is 12.3. The smallest absolute Gasteiger partial charge is 0.237 e. The van der Waals surface area contributed by atoms with Gasteiger partial charge in [-0.15, -0.1) is 12.4 Å². The molecule has 4 nitrogen and oxygen atoms in total. The van der Waals surface area contributed by atoms with Crippen LogP contribution >= 0.6 is 12.4 Å². The summed E-state index contributed by atoms with van der Waals surface area (Å²) in [7, 11) is 0. The summed E-state index contributed by atoms with van der Waals surface area (Å²) in [6.45, 7) is 5.36. The summed E-state index contributed by atoms with van der Waals surface area (Å²) in [4.78, 5) is 12.3. The molecule has 0 aliphatic carbocycles. The normalized spacial score (nSPS) is 23.1. The highest BCUT2D eigenvalue weighted by Crippen LogP contribution is 2.36. The first-order valence-corrected chi connectivity index (χ1v) is 8.36. The van der Waals surface area contributed by atoms with E-state index < -0.39 is 0 Å². The highest BCUT2D eigenvalue weighted by Gasteiger charge is 2.36. The standard InChI is InChI=1S/C18H26N2O2.ClH/c1-14-5-2-3-6-15(14)18(8-11-22-12-9-18)13-20-17(21)16-7-4-10-19-16;/h2-3,5-6,16,19H,4,7-13H2,1H3,(H,20,21);1H. The van der Waals surface area contributed by atoms with Crippen molar-refractivity contribution in [3.63, 3.8) is 0 Å². The summed E-state index contributed by atoms with van der Waals surface area (Å²) < 4.78 is 5.57. The second kappa shape index (κ2) is 8.13. The lowest BCUT2D eigenvalue weighted by atomic mass is 9.72. The van der Waals surface area contributed by atoms with E-state index in [1.165, 1.54) is 11.1 Å². The molecule has 1 aromatic rings. The molecule has 0 bridgehead atoms. The molecule has 5 heteroatoms. The van der Waals surface area contributed by atoms with E-state index in [1.54, 1.807) is 0 Å². The first-order chi connectivity index (χ1) is 10.7. The van der Waals surface area contributed by atoms with Gasteiger partial charge in [-0.1, -0.05) is 24.3 Å². The van der Waals surface area contributed by atoms with Gasteiger partial charge in [0.1, 0.15) is 0 Å². The van der Waals surface area contributed by atoms with E-state index in [-0.39, 0.29) is 29.8 Å². The topological polar surface area (TPSA) is 50.4 Å². The fourth-order valence-corrected chi connectivity index (χ4v) is 3.76. The van der Waals surface area contributed by atoms with Crippen LogP contribution in [0.3, 0.4) is 0 Å². The Morgan fingerprint density at radius 1 is 1.35 bits per heavy atom. The van der Waals surface area contributed by atoms with Crippen molar-refractivity contribution in [2.24, 2.45) is 0 Å². The predicted molar refractivity (Wildman–Crippen MR) is 94.2 cm³/mol. The van der Waals surface area contributed by atoms with Crippen LogP contribution in [0.4, 0.5) is 0 Å². The molecular weight excluding hydrogens is 312 g/mol. The van der Waals surface area contributed by atoms with Gasteiger partial charge in [0.05, 0.1) is 6.04 Å². The van der Waals surface area contributed by atoms with Crippen LogP contribution in [0.5, 0.6) is 0 Å². The van der Waals surface area contributed by atoms with Crippen molar-refractivity contribution in [3.05, 3.63) is 35.4 Å². The Kier molecular flexibility index (Phi) is 6.45. The zero-order valence-corrected chi connectivity index (χ0v) is 14.6. The van der Waals surface area contributed by atoms with E-state index in [1.807, 2.05) is 0 Å². The summed E-state index contributed by atoms with van der Waals surface area (Å²) in [6.07, 6.45) is 3.98. The SMILES string of the molecule is Cc1ccccc1C1(CNC(=O)C2CCCN2)CCOCC1.Cl. The Bertz CT molecular complexity index is 524. The quantitative estimate of drug-likeness (QED) is 0.886. The third-order valence-electron chi connectivity index (χ3n) is 5.14. The average Bonchev–Trinajstić information content (AvgIpc) is 3.08. The van der Waals surface area contributed by atoms with Gasteiger partial charge in [-0.05, 0) is 50.3 Å². The van der Waals surface area contributed by atoms with Crippen LogP contribution in [0.15, 0.2) is 24.3 Å². The third kappa shape index (κ3) is 4.06. The zero-order chi connectivity index (χ0) is 15.4. The fraction of sp³-hybridized carbons (Fsp3) is 0.611. The molecule has 2 aliphatic heterocycles. The first-order valence-electron chi connectivity index (χ1n) is 8.36. The van der Waals surface area contributed by atoms with Gasteiger partial charge in [0.15, 0.2) is 0 Å². The monoisotopic (exact) mass is 338 g/mol. The summed E-state index contributed by atoms with van der Waals surface area (Å²) in [5.74, 6) is 0.150. The van der Waals surface area contributed by atoms with E-state index in [9.17, 15) is 4.79 Å². The van der Waals surface area contributed by atoms with Gasteiger partial charge in [0.25, 0.3) is 0 Å². The van der Waals surface area contributed by atoms with Crippen LogP contribution < -0.4 is 10.6 Å². The van der Waals surface area contributed by atoms with E-state index in [4.69, 9.17) is 4.74 Å². The minimum absolute atomic E-state index is 0. The Morgan fingerprint density at radius 2 is 2.09 bits per heavy atom. The van der Waals surface area contributed by atoms with Crippen LogP contribution in [-0.2, 0) is 14.9 Å². The number of aryl methyl sites for hydroxylation is 1. The lowest BCUT2D eigenvalue weighted by Crippen LogP contribution is -2.49. The molecule has 128 valence electrons. The molecule has 2 saturated heterocycles. The number of hydrogen-bond acceptors (Lipinski definition) is 3. The van der Waals surface area contributed by atoms with E-state index in [0.29, 0.717) is 6.54 Å². The number of carbonyl (C=O) groups excluding carboxylic acids is 1. The summed E-state index contributed by atoms with van der Waals surface area (Å²) >= 11 is 0. The molecule has 2 heterocycles. The minimum atomic E-state index is -0.00578. The number of benzene rings is 1. The van der Waals surface area contributed by atoms with Gasteiger partial charge in [0.2, 0.25) is 5.91 Å². The number of amides is 1. The van der Waals surface area contributed by atoms with Gasteiger partial charge in [-0.2, -0.15) is 0 Å². The number of hydrogen-bond donors (Lipinski definition) is 2. The fourth-order valence-electron chi connectivity index (χ4n) is 3.76. The van der Waals surface area contributed by atoms with Gasteiger partial charge < -0.3 is 15.4 Å². The molecule has 2 aliphatic rings. The van der Waals surface area contributed by atoms with Crippen LogP contribution in [0, 0.1) is 6.92 Å². The van der Waals surface area contributed by atoms with Crippen molar-refractivity contribution in [2.75, 3.05) is 26.3 Å². The molecule has 3 rings (SSSR count). The lowest BCUT2D eigenvalue weighted by molar-refractivity contribution is -0.123. The predicted octanol–water partition coefficient (Wildman–Crippen LogP) is 2.33. The van der Waals surface area contributed by atoms with Crippen molar-refractivity contribution in [1.29, 1.82) is 0 Å². The zero-order valence-electron chi connectivity index (χ0n) is 13.8. The van der Waals surface area contributed by atoms with Crippen molar-refractivity contribution >= 4 is 18.3 Å². The van der Waals surface area contributed by atoms with Crippen molar-refractivity contribution < 1.29 is 9.53 Å². The number of ether oxygens (including phenoxy) is 1. The molecule has 2 fully saturated rings. The van der Waals surface area contributed by atoms with E-state index in [2.05, 4.69) is 41.8 Å². The Morgan fingerprint density at radius 3 is 2.74 bits per heavy atom. The number of nitrogens with one attached hydrogen (secondary N) is 2. The Labute approximate surface area is 144 Å². The second-order valence-corrected chi connectivity index (χ2v) is 6.57. The van der Waals surface area contributed by atoms with E-state index in [0.717, 1.165) is 45.4 Å². The van der Waals surface area contributed by atoms with Gasteiger partial charge in [-0.25, -0.2) is 0 Å². The molecule has 2 N–H and O–H groups in total. The third-order valence-corrected chi connectivity index (χ3v) is 5.14. The van der Waals surface area contributed by atoms with Crippen LogP contribution in [0.1, 0.15) is 36.8 Å². The van der Waals surface area contributed by atoms with Crippen molar-refractivity contribution in [1.82, 2.24) is 10.6 Å². The van der Waals surface area contributed by atoms with Gasteiger partial charge in [0, 0.05) is 25.2 Å². The van der Waals surface area contributed by atoms with Gasteiger partial charge >= 0.3 is 0 Å². The largest absolute Gasteiger partial charge is 0.381 e. The number of carbonyl (C=O) groups is 1. The van der Waals surface area contributed by atoms with Gasteiger partial charge in [-0.3, -0.25) is 4.79 Å². The minimum Gasteiger partial charge on any atom is -0.381 e. The Hall–Kier alpha value is -1.10. The Balaban J connectivity index is 0.00000192. The highest BCUT2D eigenvalue weighted by atomic mass is 35.5. The first kappa shape index (κ1) is 18.2.